The minimum absolute atomic E-state index is 0.285. The van der Waals surface area contributed by atoms with Crippen molar-refractivity contribution in [3.05, 3.63) is 29.9 Å². The molecule has 2 heterocycles. The number of nitrogens with two attached hydrogens (primary N) is 1. The number of nitrogens with one attached hydrogen (secondary N) is 1. The number of hydrogen-bond donors (Lipinski definition) is 2. The van der Waals surface area contributed by atoms with Crippen LogP contribution in [0.1, 0.15) is 68.9 Å². The first-order chi connectivity index (χ1) is 10.0. The Morgan fingerprint density at radius 3 is 2.86 bits per heavy atom. The highest BCUT2D eigenvalue weighted by Gasteiger charge is 2.30. The van der Waals surface area contributed by atoms with Crippen LogP contribution in [0.3, 0.4) is 0 Å². The molecule has 0 aromatic carbocycles. The summed E-state index contributed by atoms with van der Waals surface area (Å²) in [5.74, 6) is 1.75. The molecule has 1 fully saturated rings. The molecule has 0 aliphatic heterocycles. The van der Waals surface area contributed by atoms with E-state index in [1.54, 1.807) is 12.5 Å². The second-order valence-corrected chi connectivity index (χ2v) is 6.82. The van der Waals surface area contributed by atoms with Gasteiger partial charge < -0.3 is 15.2 Å². The molecule has 6 nitrogen and oxygen atoms in total. The zero-order valence-corrected chi connectivity index (χ0v) is 12.7. The van der Waals surface area contributed by atoms with E-state index in [1.165, 1.54) is 12.8 Å². The van der Waals surface area contributed by atoms with Crippen LogP contribution in [0.2, 0.25) is 0 Å². The van der Waals surface area contributed by atoms with Crippen LogP contribution in [-0.2, 0) is 6.42 Å². The van der Waals surface area contributed by atoms with Crippen LogP contribution < -0.4 is 5.73 Å². The van der Waals surface area contributed by atoms with E-state index in [-0.39, 0.29) is 6.04 Å². The van der Waals surface area contributed by atoms with E-state index in [0.717, 1.165) is 24.4 Å². The second kappa shape index (κ2) is 5.60. The van der Waals surface area contributed by atoms with Crippen LogP contribution in [-0.4, -0.2) is 20.1 Å². The van der Waals surface area contributed by atoms with Crippen LogP contribution in [0.4, 0.5) is 0 Å². The van der Waals surface area contributed by atoms with Gasteiger partial charge in [-0.3, -0.25) is 0 Å². The lowest BCUT2D eigenvalue weighted by atomic mass is 9.73. The summed E-state index contributed by atoms with van der Waals surface area (Å²) in [4.78, 5) is 11.5. The summed E-state index contributed by atoms with van der Waals surface area (Å²) in [6.45, 7) is 4.65. The van der Waals surface area contributed by atoms with Gasteiger partial charge in [-0.15, -0.1) is 0 Å². The van der Waals surface area contributed by atoms with Gasteiger partial charge in [-0.2, -0.15) is 4.98 Å². The fourth-order valence-corrected chi connectivity index (χ4v) is 2.94. The molecule has 0 saturated heterocycles. The van der Waals surface area contributed by atoms with Gasteiger partial charge in [0.2, 0.25) is 5.89 Å². The van der Waals surface area contributed by atoms with Gasteiger partial charge in [0.25, 0.3) is 0 Å². The molecule has 0 radical (unpaired) electrons. The number of aromatic amines is 1. The first-order valence-electron chi connectivity index (χ1n) is 7.60. The fourth-order valence-electron chi connectivity index (χ4n) is 2.94. The van der Waals surface area contributed by atoms with Crippen molar-refractivity contribution in [1.29, 1.82) is 0 Å². The Bertz CT molecular complexity index is 565. The SMILES string of the molecule is CC1(C)CCC(c2noc(C(N)Cc3cnc[nH]3)n2)CC1. The highest BCUT2D eigenvalue weighted by atomic mass is 16.5. The molecule has 21 heavy (non-hydrogen) atoms. The van der Waals surface area contributed by atoms with E-state index in [2.05, 4.69) is 34.0 Å². The molecule has 0 amide bonds. The number of imidazole rings is 1. The third-order valence-corrected chi connectivity index (χ3v) is 4.47. The van der Waals surface area contributed by atoms with Crippen molar-refractivity contribution in [2.45, 2.75) is 57.9 Å². The smallest absolute Gasteiger partial charge is 0.243 e. The van der Waals surface area contributed by atoms with Crippen LogP contribution in [0.15, 0.2) is 17.0 Å². The molecule has 1 atom stereocenters. The van der Waals surface area contributed by atoms with E-state index < -0.39 is 0 Å². The summed E-state index contributed by atoms with van der Waals surface area (Å²) < 4.78 is 5.36. The van der Waals surface area contributed by atoms with Gasteiger partial charge >= 0.3 is 0 Å². The lowest BCUT2D eigenvalue weighted by Gasteiger charge is -2.32. The Labute approximate surface area is 124 Å². The molecule has 1 aliphatic rings. The quantitative estimate of drug-likeness (QED) is 0.902. The Hall–Kier alpha value is -1.69. The van der Waals surface area contributed by atoms with Crippen LogP contribution >= 0.6 is 0 Å². The topological polar surface area (TPSA) is 93.6 Å². The third kappa shape index (κ3) is 3.32. The Balaban J connectivity index is 1.63. The molecule has 2 aromatic rings. The fraction of sp³-hybridized carbons (Fsp3) is 0.667. The highest BCUT2D eigenvalue weighted by Crippen LogP contribution is 2.41. The maximum Gasteiger partial charge on any atom is 0.243 e. The van der Waals surface area contributed by atoms with Crippen molar-refractivity contribution in [3.63, 3.8) is 0 Å². The van der Waals surface area contributed by atoms with E-state index in [0.29, 0.717) is 23.6 Å². The van der Waals surface area contributed by atoms with Crippen molar-refractivity contribution in [2.24, 2.45) is 11.1 Å². The Morgan fingerprint density at radius 2 is 2.19 bits per heavy atom. The van der Waals surface area contributed by atoms with Gasteiger partial charge in [-0.25, -0.2) is 4.98 Å². The molecule has 3 N–H and O–H groups in total. The standard InChI is InChI=1S/C15H23N5O/c1-15(2)5-3-10(4-6-15)13-19-14(21-20-13)12(16)7-11-8-17-9-18-11/h8-10,12H,3-7,16H2,1-2H3,(H,17,18). The van der Waals surface area contributed by atoms with Crippen molar-refractivity contribution in [1.82, 2.24) is 20.1 Å². The second-order valence-electron chi connectivity index (χ2n) is 6.82. The summed E-state index contributed by atoms with van der Waals surface area (Å²) in [6.07, 6.45) is 8.71. The minimum atomic E-state index is -0.285. The molecule has 1 saturated carbocycles. The zero-order valence-electron chi connectivity index (χ0n) is 12.7. The Morgan fingerprint density at radius 1 is 1.43 bits per heavy atom. The lowest BCUT2D eigenvalue weighted by Crippen LogP contribution is -2.21. The number of nitrogens with zero attached hydrogens (tertiary/aromatic N) is 3. The van der Waals surface area contributed by atoms with Gasteiger partial charge in [-0.05, 0) is 31.1 Å². The summed E-state index contributed by atoms with van der Waals surface area (Å²) in [7, 11) is 0. The predicted octanol–water partition coefficient (Wildman–Crippen LogP) is 2.72. The van der Waals surface area contributed by atoms with Gasteiger partial charge in [0.1, 0.15) is 0 Å². The number of H-pyrrole nitrogens is 1. The lowest BCUT2D eigenvalue weighted by molar-refractivity contribution is 0.218. The molecule has 0 bridgehead atoms. The maximum absolute atomic E-state index is 6.13. The molecule has 1 unspecified atom stereocenters. The summed E-state index contributed by atoms with van der Waals surface area (Å²) in [5.41, 5.74) is 7.55. The predicted molar refractivity (Wildman–Crippen MR) is 78.5 cm³/mol. The first-order valence-corrected chi connectivity index (χ1v) is 7.60. The molecule has 0 spiro atoms. The van der Waals surface area contributed by atoms with Crippen molar-refractivity contribution in [3.8, 4) is 0 Å². The average molecular weight is 289 g/mol. The number of hydrogen-bond acceptors (Lipinski definition) is 5. The van der Waals surface area contributed by atoms with Crippen molar-refractivity contribution in [2.75, 3.05) is 0 Å². The molecule has 1 aliphatic carbocycles. The van der Waals surface area contributed by atoms with Crippen LogP contribution in [0.25, 0.3) is 0 Å². The van der Waals surface area contributed by atoms with E-state index in [1.807, 2.05) is 0 Å². The van der Waals surface area contributed by atoms with E-state index in [4.69, 9.17) is 10.3 Å². The Kier molecular flexibility index (Phi) is 3.80. The van der Waals surface area contributed by atoms with Crippen LogP contribution in [0, 0.1) is 5.41 Å². The average Bonchev–Trinajstić information content (AvgIpc) is 3.09. The van der Waals surface area contributed by atoms with Gasteiger partial charge in [-0.1, -0.05) is 19.0 Å². The summed E-state index contributed by atoms with van der Waals surface area (Å²) in [6, 6.07) is -0.285. The maximum atomic E-state index is 6.13. The molecular weight excluding hydrogens is 266 g/mol. The zero-order chi connectivity index (χ0) is 14.9. The minimum Gasteiger partial charge on any atom is -0.348 e. The normalized spacial score (nSPS) is 20.5. The van der Waals surface area contributed by atoms with E-state index >= 15 is 0 Å². The summed E-state index contributed by atoms with van der Waals surface area (Å²) in [5, 5.41) is 4.15. The first kappa shape index (κ1) is 14.3. The summed E-state index contributed by atoms with van der Waals surface area (Å²) >= 11 is 0. The van der Waals surface area contributed by atoms with Crippen molar-refractivity contribution >= 4 is 0 Å². The van der Waals surface area contributed by atoms with E-state index in [9.17, 15) is 0 Å². The largest absolute Gasteiger partial charge is 0.348 e. The number of aromatic nitrogens is 4. The monoisotopic (exact) mass is 289 g/mol. The molecule has 2 aromatic heterocycles. The molecular formula is C15H23N5O. The molecule has 6 heteroatoms. The molecule has 114 valence electrons. The van der Waals surface area contributed by atoms with Gasteiger partial charge in [0.05, 0.1) is 12.4 Å². The van der Waals surface area contributed by atoms with Gasteiger partial charge in [0, 0.05) is 24.2 Å². The third-order valence-electron chi connectivity index (χ3n) is 4.47. The van der Waals surface area contributed by atoms with Crippen molar-refractivity contribution < 1.29 is 4.52 Å². The number of rotatable bonds is 4. The highest BCUT2D eigenvalue weighted by molar-refractivity contribution is 5.04. The molecule has 3 rings (SSSR count). The van der Waals surface area contributed by atoms with Gasteiger partial charge in [0.15, 0.2) is 5.82 Å². The van der Waals surface area contributed by atoms with Crippen LogP contribution in [0.5, 0.6) is 0 Å².